The molecule has 0 aromatic carbocycles. The third-order valence-electron chi connectivity index (χ3n) is 4.09. The van der Waals surface area contributed by atoms with Gasteiger partial charge in [0.15, 0.2) is 0 Å². The molecule has 0 unspecified atom stereocenters. The van der Waals surface area contributed by atoms with Crippen molar-refractivity contribution >= 4 is 12.0 Å². The lowest BCUT2D eigenvalue weighted by atomic mass is 9.98. The molecule has 1 N–H and O–H groups in total. The van der Waals surface area contributed by atoms with E-state index < -0.39 is 11.9 Å². The minimum Gasteiger partial charge on any atom is -0.481 e. The lowest BCUT2D eigenvalue weighted by molar-refractivity contribution is -0.143. The quantitative estimate of drug-likeness (QED) is 0.813. The van der Waals surface area contributed by atoms with Crippen LogP contribution in [0.4, 0.5) is 4.79 Å². The van der Waals surface area contributed by atoms with Gasteiger partial charge >= 0.3 is 12.0 Å². The highest BCUT2D eigenvalue weighted by Gasteiger charge is 2.31. The first-order valence-electron chi connectivity index (χ1n) is 6.91. The molecular weight excluding hydrogens is 248 g/mol. The first kappa shape index (κ1) is 14.1. The maximum Gasteiger partial charge on any atom is 0.320 e. The Bertz CT molecular complexity index is 340. The highest BCUT2D eigenvalue weighted by Crippen LogP contribution is 2.20. The second-order valence-electron chi connectivity index (χ2n) is 5.33. The van der Waals surface area contributed by atoms with E-state index in [0.29, 0.717) is 32.6 Å². The van der Waals surface area contributed by atoms with Gasteiger partial charge in [-0.25, -0.2) is 4.79 Å². The number of carbonyl (C=O) groups is 2. The summed E-state index contributed by atoms with van der Waals surface area (Å²) in [6.45, 7) is 2.42. The largest absolute Gasteiger partial charge is 0.481 e. The summed E-state index contributed by atoms with van der Waals surface area (Å²) in [5.41, 5.74) is 0. The summed E-state index contributed by atoms with van der Waals surface area (Å²) in [6, 6.07) is -0.0134. The lowest BCUT2D eigenvalue weighted by Crippen LogP contribution is -2.51. The fraction of sp³-hybridized carbons (Fsp3) is 0.846. The zero-order valence-corrected chi connectivity index (χ0v) is 11.4. The summed E-state index contributed by atoms with van der Waals surface area (Å²) < 4.78 is 5.28. The van der Waals surface area contributed by atoms with Gasteiger partial charge in [-0.1, -0.05) is 0 Å². The Morgan fingerprint density at radius 2 is 1.79 bits per heavy atom. The zero-order valence-electron chi connectivity index (χ0n) is 11.4. The molecule has 0 aromatic rings. The molecule has 6 nitrogen and oxygen atoms in total. The van der Waals surface area contributed by atoms with Crippen molar-refractivity contribution in [2.75, 3.05) is 33.3 Å². The molecule has 0 spiro atoms. The fourth-order valence-corrected chi connectivity index (χ4v) is 2.84. The molecule has 2 aliphatic rings. The van der Waals surface area contributed by atoms with Gasteiger partial charge in [0.25, 0.3) is 0 Å². The molecule has 2 rings (SSSR count). The molecule has 2 heterocycles. The molecule has 0 aliphatic carbocycles. The van der Waals surface area contributed by atoms with Gasteiger partial charge in [-0.05, 0) is 25.7 Å². The third kappa shape index (κ3) is 3.37. The maximum absolute atomic E-state index is 12.3. The molecule has 108 valence electrons. The number of aliphatic carboxylic acids is 1. The van der Waals surface area contributed by atoms with Gasteiger partial charge in [-0.2, -0.15) is 0 Å². The van der Waals surface area contributed by atoms with Crippen molar-refractivity contribution in [1.82, 2.24) is 9.80 Å². The Hall–Kier alpha value is -1.30. The Kier molecular flexibility index (Phi) is 4.63. The summed E-state index contributed by atoms with van der Waals surface area (Å²) >= 11 is 0. The van der Waals surface area contributed by atoms with Gasteiger partial charge in [-0.15, -0.1) is 0 Å². The van der Waals surface area contributed by atoms with E-state index in [1.165, 1.54) is 0 Å². The molecule has 0 saturated carbocycles. The topological polar surface area (TPSA) is 70.1 Å². The van der Waals surface area contributed by atoms with Crippen LogP contribution in [0.5, 0.6) is 0 Å². The summed E-state index contributed by atoms with van der Waals surface area (Å²) in [4.78, 5) is 26.9. The first-order chi connectivity index (χ1) is 9.11. The summed E-state index contributed by atoms with van der Waals surface area (Å²) in [6.07, 6.45) is 3.41. The van der Waals surface area contributed by atoms with Crippen molar-refractivity contribution in [3.63, 3.8) is 0 Å². The van der Waals surface area contributed by atoms with Crippen molar-refractivity contribution in [2.24, 2.45) is 5.92 Å². The van der Waals surface area contributed by atoms with Crippen molar-refractivity contribution < 1.29 is 19.4 Å². The van der Waals surface area contributed by atoms with Gasteiger partial charge in [0.1, 0.15) is 0 Å². The van der Waals surface area contributed by atoms with E-state index in [1.54, 1.807) is 12.0 Å². The molecule has 0 bridgehead atoms. The standard InChI is InChI=1S/C13H22N2O4/c1-19-11-4-7-14(8-5-11)13(18)15-6-2-3-10(9-15)12(16)17/h10-11H,2-9H2,1H3,(H,16,17)/t10-/m0/s1. The molecule has 2 amide bonds. The number of rotatable bonds is 2. The minimum atomic E-state index is -0.796. The van der Waals surface area contributed by atoms with Crippen molar-refractivity contribution in [3.05, 3.63) is 0 Å². The molecule has 2 aliphatic heterocycles. The molecule has 0 aromatic heterocycles. The molecule has 1 atom stereocenters. The van der Waals surface area contributed by atoms with E-state index in [9.17, 15) is 9.59 Å². The van der Waals surface area contributed by atoms with Crippen LogP contribution >= 0.6 is 0 Å². The lowest BCUT2D eigenvalue weighted by Gasteiger charge is -2.38. The monoisotopic (exact) mass is 270 g/mol. The highest BCUT2D eigenvalue weighted by atomic mass is 16.5. The summed E-state index contributed by atoms with van der Waals surface area (Å²) in [5.74, 6) is -1.20. The Morgan fingerprint density at radius 1 is 1.11 bits per heavy atom. The number of likely N-dealkylation sites (tertiary alicyclic amines) is 2. The Morgan fingerprint density at radius 3 is 2.37 bits per heavy atom. The van der Waals surface area contributed by atoms with E-state index in [1.807, 2.05) is 4.90 Å². The Labute approximate surface area is 113 Å². The van der Waals surface area contributed by atoms with Crippen LogP contribution in [0.25, 0.3) is 0 Å². The van der Waals surface area contributed by atoms with Crippen LogP contribution < -0.4 is 0 Å². The smallest absolute Gasteiger partial charge is 0.320 e. The van der Waals surface area contributed by atoms with Crippen molar-refractivity contribution in [3.8, 4) is 0 Å². The molecule has 6 heteroatoms. The number of hydrogen-bond acceptors (Lipinski definition) is 3. The normalized spacial score (nSPS) is 25.4. The van der Waals surface area contributed by atoms with Crippen molar-refractivity contribution in [2.45, 2.75) is 31.8 Å². The third-order valence-corrected chi connectivity index (χ3v) is 4.09. The van der Waals surface area contributed by atoms with Crippen LogP contribution in [-0.2, 0) is 9.53 Å². The minimum absolute atomic E-state index is 0.0134. The van der Waals surface area contributed by atoms with Gasteiger partial charge < -0.3 is 19.6 Å². The van der Waals surface area contributed by atoms with Gasteiger partial charge in [0, 0.05) is 33.3 Å². The van der Waals surface area contributed by atoms with Gasteiger partial charge in [0.2, 0.25) is 0 Å². The molecule has 0 radical (unpaired) electrons. The number of hydrogen-bond donors (Lipinski definition) is 1. The van der Waals surface area contributed by atoms with Crippen LogP contribution in [0.3, 0.4) is 0 Å². The van der Waals surface area contributed by atoms with E-state index in [2.05, 4.69) is 0 Å². The second kappa shape index (κ2) is 6.23. The van der Waals surface area contributed by atoms with Crippen LogP contribution in [0.2, 0.25) is 0 Å². The van der Waals surface area contributed by atoms with E-state index in [4.69, 9.17) is 9.84 Å². The van der Waals surface area contributed by atoms with E-state index >= 15 is 0 Å². The number of piperidine rings is 2. The average molecular weight is 270 g/mol. The number of nitrogens with zero attached hydrogens (tertiary/aromatic N) is 2. The van der Waals surface area contributed by atoms with Crippen molar-refractivity contribution in [1.29, 1.82) is 0 Å². The first-order valence-corrected chi connectivity index (χ1v) is 6.91. The molecule has 2 saturated heterocycles. The van der Waals surface area contributed by atoms with Crippen LogP contribution in [-0.4, -0.2) is 66.3 Å². The van der Waals surface area contributed by atoms with Crippen LogP contribution in [0.1, 0.15) is 25.7 Å². The molecule has 19 heavy (non-hydrogen) atoms. The average Bonchev–Trinajstić information content (AvgIpc) is 2.46. The number of carboxylic acid groups (broad SMARTS) is 1. The summed E-state index contributed by atoms with van der Waals surface area (Å²) in [7, 11) is 1.70. The predicted octanol–water partition coefficient (Wildman–Crippen LogP) is 1.01. The van der Waals surface area contributed by atoms with Gasteiger partial charge in [0.05, 0.1) is 12.0 Å². The molecule has 2 fully saturated rings. The SMILES string of the molecule is COC1CCN(C(=O)N2CCC[C@H](C(=O)O)C2)CC1. The number of methoxy groups -OCH3 is 1. The Balaban J connectivity index is 1.87. The van der Waals surface area contributed by atoms with Gasteiger partial charge in [-0.3, -0.25) is 4.79 Å². The number of carboxylic acids is 1. The predicted molar refractivity (Wildman–Crippen MR) is 68.9 cm³/mol. The summed E-state index contributed by atoms with van der Waals surface area (Å²) in [5, 5.41) is 9.05. The number of amides is 2. The zero-order chi connectivity index (χ0) is 13.8. The number of carbonyl (C=O) groups excluding carboxylic acids is 1. The van der Waals surface area contributed by atoms with Crippen LogP contribution in [0, 0.1) is 5.92 Å². The maximum atomic E-state index is 12.3. The second-order valence-corrected chi connectivity index (χ2v) is 5.33. The number of urea groups is 1. The fourth-order valence-electron chi connectivity index (χ4n) is 2.84. The number of ether oxygens (including phenoxy) is 1. The van der Waals surface area contributed by atoms with Crippen LogP contribution in [0.15, 0.2) is 0 Å². The highest BCUT2D eigenvalue weighted by molar-refractivity contribution is 5.76. The van der Waals surface area contributed by atoms with E-state index in [0.717, 1.165) is 19.3 Å². The molecular formula is C13H22N2O4. The van der Waals surface area contributed by atoms with E-state index in [-0.39, 0.29) is 12.1 Å².